The quantitative estimate of drug-likeness (QED) is 0.746. The highest BCUT2D eigenvalue weighted by Crippen LogP contribution is 2.26. The average Bonchev–Trinajstić information content (AvgIpc) is 2.36. The van der Waals surface area contributed by atoms with Gasteiger partial charge in [-0.25, -0.2) is 0 Å². The molecule has 0 heterocycles. The molecule has 0 saturated heterocycles. The Morgan fingerprint density at radius 2 is 1.88 bits per heavy atom. The molecule has 0 amide bonds. The van der Waals surface area contributed by atoms with Crippen molar-refractivity contribution in [3.63, 3.8) is 0 Å². The van der Waals surface area contributed by atoms with E-state index in [2.05, 4.69) is 31.1 Å². The Morgan fingerprint density at radius 3 is 2.35 bits per heavy atom. The highest BCUT2D eigenvalue weighted by molar-refractivity contribution is 4.83. The lowest BCUT2D eigenvalue weighted by Gasteiger charge is -2.36. The van der Waals surface area contributed by atoms with E-state index in [-0.39, 0.29) is 12.1 Å². The van der Waals surface area contributed by atoms with Gasteiger partial charge in [-0.05, 0) is 65.6 Å². The van der Waals surface area contributed by atoms with Gasteiger partial charge < -0.3 is 15.3 Å². The van der Waals surface area contributed by atoms with E-state index in [1.54, 1.807) is 0 Å². The van der Waals surface area contributed by atoms with E-state index in [0.717, 1.165) is 24.9 Å². The first-order valence-electron chi connectivity index (χ1n) is 7.01. The van der Waals surface area contributed by atoms with Crippen LogP contribution in [0.25, 0.3) is 0 Å². The molecule has 0 aliphatic heterocycles. The van der Waals surface area contributed by atoms with Gasteiger partial charge in [-0.3, -0.25) is 0 Å². The van der Waals surface area contributed by atoms with Gasteiger partial charge in [0.1, 0.15) is 0 Å². The van der Waals surface area contributed by atoms with Crippen molar-refractivity contribution >= 4 is 0 Å². The monoisotopic (exact) mass is 242 g/mol. The molecule has 1 unspecified atom stereocenters. The maximum absolute atomic E-state index is 9.36. The number of likely N-dealkylation sites (N-methyl/N-ethyl adjacent to an activating group) is 1. The fourth-order valence-electron chi connectivity index (χ4n) is 2.57. The van der Waals surface area contributed by atoms with E-state index in [4.69, 9.17) is 0 Å². The summed E-state index contributed by atoms with van der Waals surface area (Å²) < 4.78 is 0. The van der Waals surface area contributed by atoms with Gasteiger partial charge in [0.05, 0.1) is 6.61 Å². The molecule has 1 aliphatic rings. The first-order chi connectivity index (χ1) is 8.00. The molecular weight excluding hydrogens is 212 g/mol. The van der Waals surface area contributed by atoms with Crippen molar-refractivity contribution in [2.24, 2.45) is 5.92 Å². The van der Waals surface area contributed by atoms with Crippen LogP contribution in [0.2, 0.25) is 0 Å². The van der Waals surface area contributed by atoms with Crippen LogP contribution in [0.1, 0.15) is 46.0 Å². The summed E-state index contributed by atoms with van der Waals surface area (Å²) in [6.45, 7) is 5.72. The lowest BCUT2D eigenvalue weighted by atomic mass is 9.86. The largest absolute Gasteiger partial charge is 0.394 e. The number of aliphatic hydroxyl groups excluding tert-OH is 1. The summed E-state index contributed by atoms with van der Waals surface area (Å²) in [4.78, 5) is 2.48. The summed E-state index contributed by atoms with van der Waals surface area (Å²) in [7, 11) is 4.16. The maximum atomic E-state index is 9.36. The van der Waals surface area contributed by atoms with E-state index in [0.29, 0.717) is 0 Å². The molecule has 0 spiro atoms. The first-order valence-corrected chi connectivity index (χ1v) is 7.01. The maximum Gasteiger partial charge on any atom is 0.0610 e. The molecule has 2 N–H and O–H groups in total. The molecule has 1 fully saturated rings. The van der Waals surface area contributed by atoms with Crippen LogP contribution in [0.5, 0.6) is 0 Å². The van der Waals surface area contributed by atoms with E-state index in [9.17, 15) is 5.11 Å². The third-order valence-electron chi connectivity index (χ3n) is 4.58. The molecule has 0 aromatic carbocycles. The van der Waals surface area contributed by atoms with Gasteiger partial charge in [-0.2, -0.15) is 0 Å². The summed E-state index contributed by atoms with van der Waals surface area (Å²) in [5.74, 6) is 0.916. The molecule has 0 bridgehead atoms. The minimum Gasteiger partial charge on any atom is -0.394 e. The summed E-state index contributed by atoms with van der Waals surface area (Å²) in [5.41, 5.74) is -0.129. The Hall–Kier alpha value is -0.120. The van der Waals surface area contributed by atoms with Gasteiger partial charge in [0.2, 0.25) is 0 Å². The number of hydrogen-bond donors (Lipinski definition) is 2. The van der Waals surface area contributed by atoms with Gasteiger partial charge in [-0.15, -0.1) is 0 Å². The third-order valence-corrected chi connectivity index (χ3v) is 4.58. The minimum absolute atomic E-state index is 0.129. The Kier molecular flexibility index (Phi) is 5.90. The van der Waals surface area contributed by atoms with Gasteiger partial charge in [-0.1, -0.05) is 6.92 Å². The van der Waals surface area contributed by atoms with Gasteiger partial charge in [0.15, 0.2) is 0 Å². The molecule has 102 valence electrons. The zero-order chi connectivity index (χ0) is 12.9. The van der Waals surface area contributed by atoms with Gasteiger partial charge in [0, 0.05) is 11.6 Å². The number of rotatable bonds is 6. The standard InChI is InChI=1S/C14H30N2O/c1-12-5-7-13(8-6-12)16(4)10-9-14(2,11-17)15-3/h12-13,15,17H,5-11H2,1-4H3. The fraction of sp³-hybridized carbons (Fsp3) is 1.00. The lowest BCUT2D eigenvalue weighted by molar-refractivity contribution is 0.127. The molecule has 0 radical (unpaired) electrons. The van der Waals surface area contributed by atoms with Gasteiger partial charge >= 0.3 is 0 Å². The van der Waals surface area contributed by atoms with E-state index < -0.39 is 0 Å². The Morgan fingerprint density at radius 1 is 1.29 bits per heavy atom. The average molecular weight is 242 g/mol. The molecule has 1 atom stereocenters. The molecule has 0 aromatic heterocycles. The number of nitrogens with zero attached hydrogens (tertiary/aromatic N) is 1. The van der Waals surface area contributed by atoms with Crippen LogP contribution in [0.15, 0.2) is 0 Å². The summed E-state index contributed by atoms with van der Waals surface area (Å²) in [6, 6.07) is 0.756. The van der Waals surface area contributed by atoms with E-state index in [1.807, 2.05) is 7.05 Å². The second kappa shape index (κ2) is 6.72. The van der Waals surface area contributed by atoms with Crippen LogP contribution in [-0.4, -0.2) is 48.8 Å². The van der Waals surface area contributed by atoms with Crippen molar-refractivity contribution < 1.29 is 5.11 Å². The topological polar surface area (TPSA) is 35.5 Å². The number of nitrogens with one attached hydrogen (secondary N) is 1. The molecule has 17 heavy (non-hydrogen) atoms. The second-order valence-electron chi connectivity index (χ2n) is 6.11. The molecule has 3 heteroatoms. The number of aliphatic hydroxyl groups is 1. The molecule has 3 nitrogen and oxygen atoms in total. The van der Waals surface area contributed by atoms with Crippen molar-refractivity contribution in [1.82, 2.24) is 10.2 Å². The van der Waals surface area contributed by atoms with Crippen LogP contribution in [0.3, 0.4) is 0 Å². The molecule has 1 aliphatic carbocycles. The van der Waals surface area contributed by atoms with Crippen LogP contribution in [0, 0.1) is 5.92 Å². The predicted molar refractivity (Wildman–Crippen MR) is 73.2 cm³/mol. The van der Waals surface area contributed by atoms with Crippen molar-refractivity contribution in [3.05, 3.63) is 0 Å². The van der Waals surface area contributed by atoms with Crippen LogP contribution >= 0.6 is 0 Å². The molecule has 0 aromatic rings. The normalized spacial score (nSPS) is 29.3. The summed E-state index contributed by atoms with van der Waals surface area (Å²) in [6.07, 6.45) is 6.43. The minimum atomic E-state index is -0.129. The SMILES string of the molecule is CNC(C)(CO)CCN(C)C1CCC(C)CC1. The van der Waals surface area contributed by atoms with Crippen molar-refractivity contribution in [2.45, 2.75) is 57.5 Å². The Balaban J connectivity index is 2.31. The third kappa shape index (κ3) is 4.57. The first kappa shape index (κ1) is 14.9. The van der Waals surface area contributed by atoms with Crippen molar-refractivity contribution in [2.75, 3.05) is 27.2 Å². The predicted octanol–water partition coefficient (Wildman–Crippen LogP) is 1.86. The molecule has 1 saturated carbocycles. The van der Waals surface area contributed by atoms with Crippen LogP contribution in [0.4, 0.5) is 0 Å². The van der Waals surface area contributed by atoms with Crippen LogP contribution < -0.4 is 5.32 Å². The van der Waals surface area contributed by atoms with E-state index >= 15 is 0 Å². The second-order valence-corrected chi connectivity index (χ2v) is 6.11. The smallest absolute Gasteiger partial charge is 0.0610 e. The fourth-order valence-corrected chi connectivity index (χ4v) is 2.57. The van der Waals surface area contributed by atoms with Crippen molar-refractivity contribution in [3.8, 4) is 0 Å². The van der Waals surface area contributed by atoms with Crippen LogP contribution in [-0.2, 0) is 0 Å². The summed E-state index contributed by atoms with van der Waals surface area (Å²) >= 11 is 0. The molecular formula is C14H30N2O. The highest BCUT2D eigenvalue weighted by Gasteiger charge is 2.25. The Labute approximate surface area is 107 Å². The number of hydrogen-bond acceptors (Lipinski definition) is 3. The van der Waals surface area contributed by atoms with Crippen molar-refractivity contribution in [1.29, 1.82) is 0 Å². The van der Waals surface area contributed by atoms with E-state index in [1.165, 1.54) is 25.7 Å². The van der Waals surface area contributed by atoms with Gasteiger partial charge in [0.25, 0.3) is 0 Å². The zero-order valence-corrected chi connectivity index (χ0v) is 12.0. The zero-order valence-electron chi connectivity index (χ0n) is 12.0. The highest BCUT2D eigenvalue weighted by atomic mass is 16.3. The Bertz CT molecular complexity index is 208. The summed E-state index contributed by atoms with van der Waals surface area (Å²) in [5, 5.41) is 12.6. The lowest BCUT2D eigenvalue weighted by Crippen LogP contribution is -2.47. The molecule has 1 rings (SSSR count).